The highest BCUT2D eigenvalue weighted by molar-refractivity contribution is 5.40. The lowest BCUT2D eigenvalue weighted by Crippen LogP contribution is -2.25. The average molecular weight is 163 g/mol. The molecule has 1 aliphatic carbocycles. The molecule has 1 heterocycles. The van der Waals surface area contributed by atoms with Crippen molar-refractivity contribution < 1.29 is 0 Å². The first-order valence-electron chi connectivity index (χ1n) is 4.18. The van der Waals surface area contributed by atoms with Crippen molar-refractivity contribution >= 4 is 5.69 Å². The van der Waals surface area contributed by atoms with Crippen LogP contribution in [-0.4, -0.2) is 12.0 Å². The molecule has 3 N–H and O–H groups in total. The second-order valence-electron chi connectivity index (χ2n) is 3.31. The van der Waals surface area contributed by atoms with Crippen LogP contribution >= 0.6 is 0 Å². The number of hydrogen-bond acceptors (Lipinski definition) is 3. The van der Waals surface area contributed by atoms with Gasteiger partial charge < -0.3 is 11.1 Å². The number of rotatable bonds is 2. The number of nitrogen functional groups attached to an aromatic ring is 1. The Morgan fingerprint density at radius 3 is 2.83 bits per heavy atom. The van der Waals surface area contributed by atoms with E-state index in [4.69, 9.17) is 5.73 Å². The molecular formula is C9H13N3. The molecule has 0 aromatic carbocycles. The van der Waals surface area contributed by atoms with Gasteiger partial charge in [0.15, 0.2) is 0 Å². The molecule has 0 aliphatic heterocycles. The SMILES string of the molecule is CNC1(c2cc(N)ccn2)CC1. The van der Waals surface area contributed by atoms with Crippen molar-refractivity contribution in [2.75, 3.05) is 12.8 Å². The van der Waals surface area contributed by atoms with E-state index in [2.05, 4.69) is 10.3 Å². The van der Waals surface area contributed by atoms with E-state index in [1.54, 1.807) is 6.20 Å². The fraction of sp³-hybridized carbons (Fsp3) is 0.444. The molecule has 0 spiro atoms. The number of nitrogens with two attached hydrogens (primary N) is 1. The van der Waals surface area contributed by atoms with Gasteiger partial charge in [0.1, 0.15) is 0 Å². The molecule has 1 aromatic heterocycles. The number of hydrogen-bond donors (Lipinski definition) is 2. The van der Waals surface area contributed by atoms with Crippen molar-refractivity contribution in [3.63, 3.8) is 0 Å². The molecule has 0 saturated heterocycles. The minimum Gasteiger partial charge on any atom is -0.399 e. The maximum absolute atomic E-state index is 5.67. The van der Waals surface area contributed by atoms with Crippen LogP contribution in [0.15, 0.2) is 18.3 Å². The lowest BCUT2D eigenvalue weighted by atomic mass is 10.1. The summed E-state index contributed by atoms with van der Waals surface area (Å²) in [6.45, 7) is 0. The van der Waals surface area contributed by atoms with Gasteiger partial charge >= 0.3 is 0 Å². The van der Waals surface area contributed by atoms with Gasteiger partial charge in [0, 0.05) is 11.9 Å². The van der Waals surface area contributed by atoms with Crippen molar-refractivity contribution in [3.05, 3.63) is 24.0 Å². The Hall–Kier alpha value is -1.09. The molecular weight excluding hydrogens is 150 g/mol. The van der Waals surface area contributed by atoms with Crippen LogP contribution in [0.2, 0.25) is 0 Å². The Bertz CT molecular complexity index is 292. The van der Waals surface area contributed by atoms with Crippen LogP contribution in [0.5, 0.6) is 0 Å². The van der Waals surface area contributed by atoms with E-state index in [9.17, 15) is 0 Å². The lowest BCUT2D eigenvalue weighted by molar-refractivity contribution is 0.568. The zero-order valence-corrected chi connectivity index (χ0v) is 7.17. The number of pyridine rings is 1. The van der Waals surface area contributed by atoms with Gasteiger partial charge in [-0.05, 0) is 32.0 Å². The Labute approximate surface area is 72.0 Å². The summed E-state index contributed by atoms with van der Waals surface area (Å²) in [5.41, 5.74) is 7.67. The van der Waals surface area contributed by atoms with Crippen molar-refractivity contribution in [1.29, 1.82) is 0 Å². The van der Waals surface area contributed by atoms with Crippen molar-refractivity contribution in [3.8, 4) is 0 Å². The van der Waals surface area contributed by atoms with Crippen molar-refractivity contribution in [2.24, 2.45) is 0 Å². The number of aromatic nitrogens is 1. The molecule has 1 fully saturated rings. The van der Waals surface area contributed by atoms with E-state index < -0.39 is 0 Å². The molecule has 1 aliphatic rings. The van der Waals surface area contributed by atoms with E-state index >= 15 is 0 Å². The zero-order valence-electron chi connectivity index (χ0n) is 7.17. The van der Waals surface area contributed by atoms with Gasteiger partial charge in [0.25, 0.3) is 0 Å². The standard InChI is InChI=1S/C9H13N3/c1-11-9(3-4-9)8-6-7(10)2-5-12-8/h2,5-6,11H,3-4H2,1H3,(H2,10,12). The number of nitrogens with zero attached hydrogens (tertiary/aromatic N) is 1. The fourth-order valence-corrected chi connectivity index (χ4v) is 1.47. The molecule has 2 rings (SSSR count). The van der Waals surface area contributed by atoms with Gasteiger partial charge in [-0.2, -0.15) is 0 Å². The minimum absolute atomic E-state index is 0.134. The summed E-state index contributed by atoms with van der Waals surface area (Å²) in [5, 5.41) is 3.28. The lowest BCUT2D eigenvalue weighted by Gasteiger charge is -2.12. The molecule has 64 valence electrons. The largest absolute Gasteiger partial charge is 0.399 e. The topological polar surface area (TPSA) is 50.9 Å². The third kappa shape index (κ3) is 1.06. The Morgan fingerprint density at radius 2 is 2.33 bits per heavy atom. The number of nitrogens with one attached hydrogen (secondary N) is 1. The fourth-order valence-electron chi connectivity index (χ4n) is 1.47. The Kier molecular flexibility index (Phi) is 1.54. The predicted molar refractivity (Wildman–Crippen MR) is 48.6 cm³/mol. The first-order chi connectivity index (χ1) is 5.77. The smallest absolute Gasteiger partial charge is 0.0624 e. The van der Waals surface area contributed by atoms with Gasteiger partial charge in [0.2, 0.25) is 0 Å². The van der Waals surface area contributed by atoms with Crippen molar-refractivity contribution in [2.45, 2.75) is 18.4 Å². The van der Waals surface area contributed by atoms with Crippen LogP contribution in [-0.2, 0) is 5.54 Å². The predicted octanol–water partition coefficient (Wildman–Crippen LogP) is 0.872. The summed E-state index contributed by atoms with van der Waals surface area (Å²) in [6.07, 6.45) is 4.10. The zero-order chi connectivity index (χ0) is 8.60. The quantitative estimate of drug-likeness (QED) is 0.680. The summed E-state index contributed by atoms with van der Waals surface area (Å²) >= 11 is 0. The molecule has 3 nitrogen and oxygen atoms in total. The van der Waals surface area contributed by atoms with E-state index in [0.29, 0.717) is 0 Å². The first kappa shape index (κ1) is 7.55. The van der Waals surface area contributed by atoms with Crippen LogP contribution in [0.4, 0.5) is 5.69 Å². The normalized spacial score (nSPS) is 19.1. The van der Waals surface area contributed by atoms with Gasteiger partial charge in [-0.25, -0.2) is 0 Å². The van der Waals surface area contributed by atoms with Crippen LogP contribution in [0.25, 0.3) is 0 Å². The Morgan fingerprint density at radius 1 is 1.58 bits per heavy atom. The third-order valence-corrected chi connectivity index (χ3v) is 2.50. The maximum atomic E-state index is 5.67. The van der Waals surface area contributed by atoms with Gasteiger partial charge in [-0.15, -0.1) is 0 Å². The highest BCUT2D eigenvalue weighted by atomic mass is 15.0. The van der Waals surface area contributed by atoms with Crippen LogP contribution in [0.1, 0.15) is 18.5 Å². The van der Waals surface area contributed by atoms with Gasteiger partial charge in [-0.1, -0.05) is 0 Å². The number of anilines is 1. The van der Waals surface area contributed by atoms with Crippen molar-refractivity contribution in [1.82, 2.24) is 10.3 Å². The molecule has 3 heteroatoms. The van der Waals surface area contributed by atoms with Gasteiger partial charge in [0.05, 0.1) is 11.2 Å². The van der Waals surface area contributed by atoms with E-state index in [1.807, 2.05) is 19.2 Å². The summed E-state index contributed by atoms with van der Waals surface area (Å²) in [6, 6.07) is 3.76. The highest BCUT2D eigenvalue weighted by Gasteiger charge is 2.44. The molecule has 1 aromatic rings. The second-order valence-corrected chi connectivity index (χ2v) is 3.31. The molecule has 0 amide bonds. The molecule has 0 unspecified atom stereocenters. The van der Waals surface area contributed by atoms with Crippen LogP contribution in [0.3, 0.4) is 0 Å². The molecule has 0 radical (unpaired) electrons. The Balaban J connectivity index is 2.34. The summed E-state index contributed by atoms with van der Waals surface area (Å²) < 4.78 is 0. The minimum atomic E-state index is 0.134. The highest BCUT2D eigenvalue weighted by Crippen LogP contribution is 2.44. The molecule has 1 saturated carbocycles. The summed E-state index contributed by atoms with van der Waals surface area (Å²) in [7, 11) is 1.97. The molecule has 0 atom stereocenters. The van der Waals surface area contributed by atoms with Crippen LogP contribution in [0, 0.1) is 0 Å². The third-order valence-electron chi connectivity index (χ3n) is 2.50. The van der Waals surface area contributed by atoms with E-state index in [-0.39, 0.29) is 5.54 Å². The summed E-state index contributed by atoms with van der Waals surface area (Å²) in [4.78, 5) is 4.30. The first-order valence-corrected chi connectivity index (χ1v) is 4.18. The van der Waals surface area contributed by atoms with Crippen LogP contribution < -0.4 is 11.1 Å². The monoisotopic (exact) mass is 163 g/mol. The van der Waals surface area contributed by atoms with E-state index in [0.717, 1.165) is 11.4 Å². The molecule has 12 heavy (non-hydrogen) atoms. The molecule has 0 bridgehead atoms. The van der Waals surface area contributed by atoms with E-state index in [1.165, 1.54) is 12.8 Å². The average Bonchev–Trinajstić information content (AvgIpc) is 2.84. The van der Waals surface area contributed by atoms with Gasteiger partial charge in [-0.3, -0.25) is 4.98 Å². The summed E-state index contributed by atoms with van der Waals surface area (Å²) in [5.74, 6) is 0. The second kappa shape index (κ2) is 2.45. The maximum Gasteiger partial charge on any atom is 0.0624 e.